The second-order valence-electron chi connectivity index (χ2n) is 18.5. The van der Waals surface area contributed by atoms with E-state index in [1.165, 1.54) is 28.1 Å². The Morgan fingerprint density at radius 1 is 0.929 bits per heavy atom. The van der Waals surface area contributed by atoms with Crippen LogP contribution in [0.4, 0.5) is 0 Å². The van der Waals surface area contributed by atoms with Crippen molar-refractivity contribution in [3.05, 3.63) is 82.4 Å². The summed E-state index contributed by atoms with van der Waals surface area (Å²) in [4.78, 5) is 12.6. The second-order valence-corrected chi connectivity index (χ2v) is 31.8. The molecular formula is C44H67NO8SSi2. The van der Waals surface area contributed by atoms with Crippen molar-refractivity contribution in [2.24, 2.45) is 0 Å². The van der Waals surface area contributed by atoms with Gasteiger partial charge in [0, 0.05) is 41.6 Å². The number of benzene rings is 3. The van der Waals surface area contributed by atoms with E-state index in [4.69, 9.17) is 18.9 Å². The maximum Gasteiger partial charge on any atom is 0.306 e. The standard InChI is InChI=1S/C44H67NO8SSi2/c1-32-27-37(52-23-21-44(3,4)47)28-33(2)43(32)40-14-12-13-39-38(40)19-20-41(39)53-36-17-15-34(16-18-36)35(29-42(46)50-5)30-54(48,49)45(22-25-55(6,7)8)31-51-24-26-56(9,10)11/h12-18,27-28,35,41,47H,19-26,29-31H2,1-11H3/t35?,41-/m1/s1. The van der Waals surface area contributed by atoms with Crippen molar-refractivity contribution in [2.45, 2.75) is 122 Å². The molecule has 1 unspecified atom stereocenters. The molecule has 12 heteroatoms. The van der Waals surface area contributed by atoms with Gasteiger partial charge in [0.2, 0.25) is 10.0 Å². The normalized spacial score (nSPS) is 15.5. The summed E-state index contributed by atoms with van der Waals surface area (Å²) in [5.41, 5.74) is 7.08. The third-order valence-electron chi connectivity index (χ3n) is 10.4. The van der Waals surface area contributed by atoms with E-state index in [1.807, 2.05) is 24.3 Å². The van der Waals surface area contributed by atoms with Gasteiger partial charge in [0.15, 0.2) is 0 Å². The predicted molar refractivity (Wildman–Crippen MR) is 233 cm³/mol. The quantitative estimate of drug-likeness (QED) is 0.0490. The highest BCUT2D eigenvalue weighted by molar-refractivity contribution is 7.89. The molecule has 0 saturated carbocycles. The molecule has 2 atom stereocenters. The van der Waals surface area contributed by atoms with E-state index in [0.29, 0.717) is 31.9 Å². The van der Waals surface area contributed by atoms with Crippen LogP contribution < -0.4 is 9.47 Å². The van der Waals surface area contributed by atoms with Crippen LogP contribution in [0.15, 0.2) is 54.6 Å². The highest BCUT2D eigenvalue weighted by Gasteiger charge is 2.32. The minimum atomic E-state index is -3.78. The molecule has 0 saturated heterocycles. The molecule has 0 aliphatic heterocycles. The summed E-state index contributed by atoms with van der Waals surface area (Å²) >= 11 is 0. The number of aliphatic hydroxyl groups is 1. The summed E-state index contributed by atoms with van der Waals surface area (Å²) in [6, 6.07) is 19.8. The topological polar surface area (TPSA) is 112 Å². The van der Waals surface area contributed by atoms with E-state index in [9.17, 15) is 18.3 Å². The van der Waals surface area contributed by atoms with Gasteiger partial charge in [-0.1, -0.05) is 69.6 Å². The lowest BCUT2D eigenvalue weighted by Gasteiger charge is -2.28. The molecular weight excluding hydrogens is 759 g/mol. The number of hydrogen-bond acceptors (Lipinski definition) is 8. The maximum absolute atomic E-state index is 14.0. The molecule has 0 fully saturated rings. The first-order valence-corrected chi connectivity index (χ1v) is 29.1. The Bertz CT molecular complexity index is 1860. The van der Waals surface area contributed by atoms with Crippen molar-refractivity contribution in [3.63, 3.8) is 0 Å². The highest BCUT2D eigenvalue weighted by atomic mass is 32.2. The minimum Gasteiger partial charge on any atom is -0.493 e. The Balaban J connectivity index is 1.51. The monoisotopic (exact) mass is 825 g/mol. The van der Waals surface area contributed by atoms with Crippen molar-refractivity contribution in [3.8, 4) is 22.6 Å². The fourth-order valence-corrected chi connectivity index (χ4v) is 10.5. The third kappa shape index (κ3) is 13.8. The maximum atomic E-state index is 14.0. The molecule has 0 aromatic heterocycles. The molecule has 0 amide bonds. The van der Waals surface area contributed by atoms with Crippen LogP contribution in [0.5, 0.6) is 11.5 Å². The van der Waals surface area contributed by atoms with Crippen molar-refractivity contribution in [1.29, 1.82) is 0 Å². The van der Waals surface area contributed by atoms with Crippen molar-refractivity contribution in [2.75, 3.05) is 39.4 Å². The first-order chi connectivity index (χ1) is 26.0. The molecule has 3 aromatic rings. The number of hydrogen-bond donors (Lipinski definition) is 1. The molecule has 310 valence electrons. The Morgan fingerprint density at radius 3 is 2.16 bits per heavy atom. The Hall–Kier alpha value is -3.01. The molecule has 3 aromatic carbocycles. The lowest BCUT2D eigenvalue weighted by Crippen LogP contribution is -2.40. The summed E-state index contributed by atoms with van der Waals surface area (Å²) < 4.78 is 53.2. The average Bonchev–Trinajstić information content (AvgIpc) is 3.49. The fraction of sp³-hybridized carbons (Fsp3) is 0.568. The zero-order valence-corrected chi connectivity index (χ0v) is 38.6. The largest absolute Gasteiger partial charge is 0.493 e. The molecule has 0 bridgehead atoms. The summed E-state index contributed by atoms with van der Waals surface area (Å²) in [5.74, 6) is 0.207. The molecule has 1 N–H and O–H groups in total. The first kappa shape index (κ1) is 45.7. The highest BCUT2D eigenvalue weighted by Crippen LogP contribution is 2.42. The number of ether oxygens (including phenoxy) is 4. The van der Waals surface area contributed by atoms with Gasteiger partial charge < -0.3 is 24.1 Å². The van der Waals surface area contributed by atoms with E-state index in [2.05, 4.69) is 83.5 Å². The summed E-state index contributed by atoms with van der Waals surface area (Å²) in [6.45, 7) is 22.7. The van der Waals surface area contributed by atoms with Crippen LogP contribution in [-0.2, 0) is 30.7 Å². The third-order valence-corrected chi connectivity index (χ3v) is 15.7. The molecule has 0 heterocycles. The van der Waals surface area contributed by atoms with Crippen LogP contribution in [0.25, 0.3) is 11.1 Å². The number of esters is 1. The van der Waals surface area contributed by atoms with Gasteiger partial charge in [0.25, 0.3) is 0 Å². The molecule has 1 aliphatic rings. The van der Waals surface area contributed by atoms with Gasteiger partial charge in [-0.05, 0) is 116 Å². The van der Waals surface area contributed by atoms with Crippen LogP contribution in [0.2, 0.25) is 51.4 Å². The molecule has 0 radical (unpaired) electrons. The number of aryl methyl sites for hydroxylation is 2. The predicted octanol–water partition coefficient (Wildman–Crippen LogP) is 9.51. The lowest BCUT2D eigenvalue weighted by molar-refractivity contribution is -0.140. The van der Waals surface area contributed by atoms with E-state index in [1.54, 1.807) is 13.8 Å². The minimum absolute atomic E-state index is 0.0164. The van der Waals surface area contributed by atoms with Crippen molar-refractivity contribution < 1.29 is 37.3 Å². The summed E-state index contributed by atoms with van der Waals surface area (Å²) in [6.07, 6.45) is 2.08. The number of sulfonamides is 1. The molecule has 56 heavy (non-hydrogen) atoms. The van der Waals surface area contributed by atoms with Crippen LogP contribution in [0, 0.1) is 13.8 Å². The number of nitrogens with zero attached hydrogens (tertiary/aromatic N) is 1. The van der Waals surface area contributed by atoms with Crippen LogP contribution >= 0.6 is 0 Å². The first-order valence-electron chi connectivity index (χ1n) is 20.0. The zero-order chi connectivity index (χ0) is 41.5. The molecule has 9 nitrogen and oxygen atoms in total. The fourth-order valence-electron chi connectivity index (χ4n) is 7.01. The number of fused-ring (bicyclic) bond motifs is 1. The van der Waals surface area contributed by atoms with Gasteiger partial charge in [0.1, 0.15) is 24.3 Å². The van der Waals surface area contributed by atoms with Gasteiger partial charge in [-0.25, -0.2) is 8.42 Å². The molecule has 0 spiro atoms. The Morgan fingerprint density at radius 2 is 1.57 bits per heavy atom. The van der Waals surface area contributed by atoms with Gasteiger partial charge in [0.05, 0.1) is 31.5 Å². The summed E-state index contributed by atoms with van der Waals surface area (Å²) in [5, 5.41) is 10.1. The van der Waals surface area contributed by atoms with E-state index >= 15 is 0 Å². The van der Waals surface area contributed by atoms with Crippen LogP contribution in [-0.4, -0.2) is 84.9 Å². The second kappa shape index (κ2) is 19.2. The number of carbonyl (C=O) groups is 1. The Labute approximate surface area is 339 Å². The zero-order valence-electron chi connectivity index (χ0n) is 35.8. The molecule has 4 rings (SSSR count). The van der Waals surface area contributed by atoms with Gasteiger partial charge >= 0.3 is 5.97 Å². The lowest BCUT2D eigenvalue weighted by atomic mass is 9.90. The van der Waals surface area contributed by atoms with Gasteiger partial charge in [-0.2, -0.15) is 4.31 Å². The van der Waals surface area contributed by atoms with Crippen LogP contribution in [0.3, 0.4) is 0 Å². The molecule has 1 aliphatic carbocycles. The smallest absolute Gasteiger partial charge is 0.306 e. The van der Waals surface area contributed by atoms with Crippen molar-refractivity contribution in [1.82, 2.24) is 4.31 Å². The number of rotatable bonds is 21. The number of carbonyl (C=O) groups excluding carboxylic acids is 1. The number of methoxy groups -OCH3 is 1. The Kier molecular flexibility index (Phi) is 15.6. The SMILES string of the molecule is COC(=O)CC(CS(=O)(=O)N(CC[Si](C)(C)C)COCC[Si](C)(C)C)c1ccc(O[C@@H]2CCc3c(-c4c(C)cc(OCCC(C)(C)O)cc4C)cccc32)cc1. The van der Waals surface area contributed by atoms with Crippen LogP contribution in [0.1, 0.15) is 72.9 Å². The van der Waals surface area contributed by atoms with Gasteiger partial charge in [-0.3, -0.25) is 4.79 Å². The van der Waals surface area contributed by atoms with Gasteiger partial charge in [-0.15, -0.1) is 0 Å². The van der Waals surface area contributed by atoms with E-state index in [0.717, 1.165) is 52.9 Å². The summed E-state index contributed by atoms with van der Waals surface area (Å²) in [7, 11) is -5.34. The van der Waals surface area contributed by atoms with Crippen molar-refractivity contribution >= 4 is 32.1 Å². The van der Waals surface area contributed by atoms with E-state index in [-0.39, 0.29) is 25.0 Å². The van der Waals surface area contributed by atoms with E-state index < -0.39 is 43.7 Å². The average molecular weight is 826 g/mol.